The molecule has 2 unspecified atom stereocenters. The third kappa shape index (κ3) is 5.16. The average Bonchev–Trinajstić information content (AvgIpc) is 2.82. The zero-order valence-electron chi connectivity index (χ0n) is 18.2. The largest absolute Gasteiger partial charge is 0.483 e. The molecule has 0 heterocycles. The molecule has 2 aromatic rings. The molecule has 42 heavy (non-hydrogen) atoms. The van der Waals surface area contributed by atoms with Gasteiger partial charge in [-0.15, -0.1) is 0 Å². The second kappa shape index (κ2) is 10.2. The van der Waals surface area contributed by atoms with E-state index in [1.807, 2.05) is 0 Å². The van der Waals surface area contributed by atoms with Crippen molar-refractivity contribution in [2.75, 3.05) is 0 Å². The minimum atomic E-state index is -7.90. The van der Waals surface area contributed by atoms with Gasteiger partial charge in [0, 0.05) is 0 Å². The summed E-state index contributed by atoms with van der Waals surface area (Å²) in [6.07, 6.45) is -30.5. The molecular formula is C18HF21O3. The minimum absolute atomic E-state index is 1.43. The van der Waals surface area contributed by atoms with E-state index in [1.54, 1.807) is 0 Å². The molecule has 0 radical (unpaired) electrons. The molecule has 0 aliphatic heterocycles. The first kappa shape index (κ1) is 35.0. The summed E-state index contributed by atoms with van der Waals surface area (Å²) in [5, 5.41) is 9.63. The molecule has 0 spiro atoms. The van der Waals surface area contributed by atoms with Crippen LogP contribution in [-0.2, 0) is 21.2 Å². The Labute approximate surface area is 213 Å². The van der Waals surface area contributed by atoms with E-state index >= 15 is 8.78 Å². The van der Waals surface area contributed by atoms with E-state index in [-0.39, 0.29) is 0 Å². The van der Waals surface area contributed by atoms with Crippen LogP contribution in [0.25, 0.3) is 0 Å². The normalized spacial score (nSPS) is 16.4. The standard InChI is InChI=1S/C18HF21O3/c19-3-1(4(20)8(24)11(27)7(3)23)13(29,40)14(30,2-5(21)9(25)12(28)10(26)6(2)22)41-17(36,37)18(38,39)42-16(34,35)15(31,32)33/h40H. The molecule has 238 valence electrons. The Morgan fingerprint density at radius 1 is 0.357 bits per heavy atom. The smallest absolute Gasteiger partial charge is 0.353 e. The van der Waals surface area contributed by atoms with Gasteiger partial charge < -0.3 is 5.11 Å². The van der Waals surface area contributed by atoms with Crippen molar-refractivity contribution in [2.45, 2.75) is 36.2 Å². The van der Waals surface area contributed by atoms with E-state index in [0.717, 1.165) is 0 Å². The van der Waals surface area contributed by atoms with E-state index < -0.39 is 106 Å². The highest BCUT2D eigenvalue weighted by atomic mass is 19.4. The van der Waals surface area contributed by atoms with Gasteiger partial charge >= 0.3 is 36.2 Å². The van der Waals surface area contributed by atoms with Crippen LogP contribution in [0.2, 0.25) is 0 Å². The molecule has 0 aromatic heterocycles. The van der Waals surface area contributed by atoms with E-state index in [0.29, 0.717) is 0 Å². The first-order valence-electron chi connectivity index (χ1n) is 9.26. The summed E-state index contributed by atoms with van der Waals surface area (Å²) in [4.78, 5) is 0. The van der Waals surface area contributed by atoms with Gasteiger partial charge in [-0.25, -0.2) is 48.6 Å². The van der Waals surface area contributed by atoms with Gasteiger partial charge in [0.25, 0.3) is 0 Å². The molecule has 2 aromatic carbocycles. The van der Waals surface area contributed by atoms with Gasteiger partial charge in [-0.3, -0.25) is 4.74 Å². The van der Waals surface area contributed by atoms with Gasteiger partial charge in [0.1, 0.15) is 11.1 Å². The quantitative estimate of drug-likeness (QED) is 0.182. The van der Waals surface area contributed by atoms with Gasteiger partial charge in [0.05, 0.1) is 0 Å². The number of halogens is 21. The Kier molecular flexibility index (Phi) is 8.54. The number of alkyl halides is 11. The second-order valence-corrected chi connectivity index (χ2v) is 7.36. The Morgan fingerprint density at radius 3 is 0.929 bits per heavy atom. The molecule has 24 heteroatoms. The second-order valence-electron chi connectivity index (χ2n) is 7.36. The lowest BCUT2D eigenvalue weighted by Gasteiger charge is -2.39. The Hall–Kier alpha value is -3.15. The number of ether oxygens (including phenoxy) is 2. The lowest BCUT2D eigenvalue weighted by atomic mass is 9.90. The summed E-state index contributed by atoms with van der Waals surface area (Å²) in [6.45, 7) is 0. The number of hydrogen-bond donors (Lipinski definition) is 1. The maximum atomic E-state index is 15.7. The van der Waals surface area contributed by atoms with Crippen molar-refractivity contribution in [3.8, 4) is 0 Å². The van der Waals surface area contributed by atoms with E-state index in [2.05, 4.69) is 4.74 Å². The van der Waals surface area contributed by atoms with Crippen molar-refractivity contribution in [1.82, 2.24) is 0 Å². The fraction of sp³-hybridized carbons (Fsp3) is 0.333. The average molecular weight is 664 g/mol. The zero-order valence-corrected chi connectivity index (χ0v) is 18.2. The summed E-state index contributed by atoms with van der Waals surface area (Å²) in [6, 6.07) is 0. The van der Waals surface area contributed by atoms with Crippen molar-refractivity contribution in [3.63, 3.8) is 0 Å². The Bertz CT molecular complexity index is 1340. The number of aliphatic hydroxyl groups is 1. The highest BCUT2D eigenvalue weighted by Gasteiger charge is 2.76. The molecule has 0 saturated heterocycles. The highest BCUT2D eigenvalue weighted by Crippen LogP contribution is 2.56. The van der Waals surface area contributed by atoms with Gasteiger partial charge in [-0.2, -0.15) is 48.3 Å². The monoisotopic (exact) mass is 664 g/mol. The minimum Gasteiger partial charge on any atom is -0.353 e. The first-order chi connectivity index (χ1) is 18.5. The molecular weight excluding hydrogens is 663 g/mol. The van der Waals surface area contributed by atoms with Crippen LogP contribution in [0, 0.1) is 58.2 Å². The Balaban J connectivity index is 3.07. The maximum Gasteiger partial charge on any atom is 0.483 e. The summed E-state index contributed by atoms with van der Waals surface area (Å²) >= 11 is 0. The number of rotatable bonds is 8. The molecule has 1 N–H and O–H groups in total. The number of hydrogen-bond acceptors (Lipinski definition) is 3. The predicted molar refractivity (Wildman–Crippen MR) is 83.3 cm³/mol. The van der Waals surface area contributed by atoms with Crippen LogP contribution in [-0.4, -0.2) is 29.6 Å². The predicted octanol–water partition coefficient (Wildman–Crippen LogP) is 7.39. The van der Waals surface area contributed by atoms with Gasteiger partial charge in [0.2, 0.25) is 11.6 Å². The van der Waals surface area contributed by atoms with Crippen molar-refractivity contribution in [2.24, 2.45) is 0 Å². The van der Waals surface area contributed by atoms with E-state index in [4.69, 9.17) is 0 Å². The fourth-order valence-corrected chi connectivity index (χ4v) is 2.74. The molecule has 0 bridgehead atoms. The van der Waals surface area contributed by atoms with Crippen LogP contribution in [0.1, 0.15) is 11.1 Å². The zero-order chi connectivity index (χ0) is 33.3. The molecule has 0 aliphatic rings. The van der Waals surface area contributed by atoms with Crippen LogP contribution in [0.15, 0.2) is 0 Å². The van der Waals surface area contributed by atoms with Crippen LogP contribution in [0.5, 0.6) is 0 Å². The first-order valence-corrected chi connectivity index (χ1v) is 9.26. The molecule has 0 aliphatic carbocycles. The third-order valence-electron chi connectivity index (χ3n) is 4.69. The molecule has 2 rings (SSSR count). The third-order valence-corrected chi connectivity index (χ3v) is 4.69. The van der Waals surface area contributed by atoms with Crippen LogP contribution in [0.3, 0.4) is 0 Å². The summed E-state index contributed by atoms with van der Waals surface area (Å²) in [5.74, 6) is -51.7. The molecule has 0 saturated carbocycles. The number of benzene rings is 2. The van der Waals surface area contributed by atoms with Crippen molar-refractivity contribution in [1.29, 1.82) is 0 Å². The summed E-state index contributed by atoms with van der Waals surface area (Å²) < 4.78 is 289. The van der Waals surface area contributed by atoms with Crippen molar-refractivity contribution in [3.05, 3.63) is 69.3 Å². The van der Waals surface area contributed by atoms with Gasteiger partial charge in [-0.05, 0) is 0 Å². The molecule has 0 amide bonds. The van der Waals surface area contributed by atoms with E-state index in [9.17, 15) is 88.5 Å². The van der Waals surface area contributed by atoms with Crippen molar-refractivity contribution >= 4 is 0 Å². The molecule has 2 atom stereocenters. The van der Waals surface area contributed by atoms with E-state index in [1.165, 1.54) is 4.74 Å². The molecule has 3 nitrogen and oxygen atoms in total. The van der Waals surface area contributed by atoms with Gasteiger partial charge in [0.15, 0.2) is 46.5 Å². The SMILES string of the molecule is OC(F)(c1c(F)c(F)c(F)c(F)c1F)C(F)(OC(F)(F)C(F)(F)OC(F)(F)C(F)(F)F)c1c(F)c(F)c(F)c(F)c1F. The maximum absolute atomic E-state index is 15.7. The summed E-state index contributed by atoms with van der Waals surface area (Å²) in [5.41, 5.74) is -8.20. The van der Waals surface area contributed by atoms with Crippen LogP contribution in [0.4, 0.5) is 92.2 Å². The Morgan fingerprint density at radius 2 is 0.619 bits per heavy atom. The van der Waals surface area contributed by atoms with Gasteiger partial charge in [-0.1, -0.05) is 0 Å². The summed E-state index contributed by atoms with van der Waals surface area (Å²) in [7, 11) is 0. The topological polar surface area (TPSA) is 38.7 Å². The lowest BCUT2D eigenvalue weighted by Crippen LogP contribution is -2.58. The fourth-order valence-electron chi connectivity index (χ4n) is 2.74. The molecule has 0 fully saturated rings. The van der Waals surface area contributed by atoms with Crippen molar-refractivity contribution < 1.29 is 107 Å². The highest BCUT2D eigenvalue weighted by molar-refractivity contribution is 5.36. The van der Waals surface area contributed by atoms with Crippen LogP contribution >= 0.6 is 0 Å². The van der Waals surface area contributed by atoms with Crippen LogP contribution < -0.4 is 0 Å². The lowest BCUT2D eigenvalue weighted by molar-refractivity contribution is -0.541.